The summed E-state index contributed by atoms with van der Waals surface area (Å²) in [5.41, 5.74) is 1.99. The van der Waals surface area contributed by atoms with E-state index in [-0.39, 0.29) is 11.9 Å². The van der Waals surface area contributed by atoms with Crippen LogP contribution in [0.15, 0.2) is 30.7 Å². The van der Waals surface area contributed by atoms with Gasteiger partial charge in [-0.2, -0.15) is 0 Å². The molecule has 0 bridgehead atoms. The summed E-state index contributed by atoms with van der Waals surface area (Å²) in [6.45, 7) is 6.78. The second-order valence-corrected chi connectivity index (χ2v) is 9.08. The summed E-state index contributed by atoms with van der Waals surface area (Å²) < 4.78 is 11.7. The molecule has 1 aliphatic heterocycles. The topological polar surface area (TPSA) is 70.7 Å². The number of aromatic amines is 1. The van der Waals surface area contributed by atoms with E-state index in [9.17, 15) is 4.79 Å². The normalized spacial score (nSPS) is 19.4. The molecule has 2 fully saturated rings. The van der Waals surface area contributed by atoms with Gasteiger partial charge in [-0.3, -0.25) is 4.79 Å². The van der Waals surface area contributed by atoms with Gasteiger partial charge >= 0.3 is 0 Å². The Bertz CT molecular complexity index is 864. The van der Waals surface area contributed by atoms with Crippen molar-refractivity contribution < 1.29 is 14.3 Å². The molecule has 1 amide bonds. The first-order valence-electron chi connectivity index (χ1n) is 11.4. The Morgan fingerprint density at radius 1 is 1.26 bits per heavy atom. The number of nitrogens with one attached hydrogen (secondary N) is 1. The molecule has 1 N–H and O–H groups in total. The number of amides is 1. The zero-order valence-electron chi connectivity index (χ0n) is 18.8. The van der Waals surface area contributed by atoms with Gasteiger partial charge in [0, 0.05) is 49.3 Å². The molecular formula is C24H34N4O3. The van der Waals surface area contributed by atoms with E-state index < -0.39 is 0 Å². The molecule has 1 saturated carbocycles. The molecule has 31 heavy (non-hydrogen) atoms. The predicted molar refractivity (Wildman–Crippen MR) is 121 cm³/mol. The van der Waals surface area contributed by atoms with Crippen LogP contribution < -0.4 is 14.4 Å². The molecule has 4 rings (SSSR count). The maximum atomic E-state index is 13.0. The average Bonchev–Trinajstić information content (AvgIpc) is 3.23. The van der Waals surface area contributed by atoms with Gasteiger partial charge in [-0.1, -0.05) is 13.8 Å². The number of aromatic nitrogens is 2. The molecule has 2 aliphatic rings. The molecule has 1 atom stereocenters. The largest absolute Gasteiger partial charge is 0.493 e. The first-order valence-corrected chi connectivity index (χ1v) is 11.4. The number of hydrogen-bond acceptors (Lipinski definition) is 5. The van der Waals surface area contributed by atoms with E-state index in [4.69, 9.17) is 9.47 Å². The van der Waals surface area contributed by atoms with E-state index >= 15 is 0 Å². The molecule has 7 nitrogen and oxygen atoms in total. The highest BCUT2D eigenvalue weighted by Crippen LogP contribution is 2.36. The number of methoxy groups -OCH3 is 1. The lowest BCUT2D eigenvalue weighted by Crippen LogP contribution is -2.56. The number of carbonyl (C=O) groups excluding carboxylic acids is 1. The van der Waals surface area contributed by atoms with Gasteiger partial charge in [0.2, 0.25) is 5.91 Å². The summed E-state index contributed by atoms with van der Waals surface area (Å²) >= 11 is 0. The summed E-state index contributed by atoms with van der Waals surface area (Å²) in [6.07, 6.45) is 8.46. The predicted octanol–water partition coefficient (Wildman–Crippen LogP) is 3.66. The van der Waals surface area contributed by atoms with Gasteiger partial charge in [-0.15, -0.1) is 0 Å². The number of piperazine rings is 1. The van der Waals surface area contributed by atoms with Crippen LogP contribution in [0, 0.1) is 5.92 Å². The van der Waals surface area contributed by atoms with Crippen LogP contribution in [0.2, 0.25) is 0 Å². The van der Waals surface area contributed by atoms with Crippen molar-refractivity contribution in [2.45, 2.75) is 58.1 Å². The monoisotopic (exact) mass is 426 g/mol. The van der Waals surface area contributed by atoms with Gasteiger partial charge < -0.3 is 24.3 Å². The van der Waals surface area contributed by atoms with Crippen molar-refractivity contribution >= 4 is 11.6 Å². The molecule has 2 aromatic rings. The van der Waals surface area contributed by atoms with Crippen LogP contribution in [-0.4, -0.2) is 59.7 Å². The minimum Gasteiger partial charge on any atom is -0.493 e. The third-order valence-electron chi connectivity index (χ3n) is 6.30. The number of anilines is 1. The van der Waals surface area contributed by atoms with E-state index in [0.717, 1.165) is 61.8 Å². The van der Waals surface area contributed by atoms with Crippen molar-refractivity contribution in [3.05, 3.63) is 36.4 Å². The van der Waals surface area contributed by atoms with Crippen molar-refractivity contribution in [2.24, 2.45) is 5.92 Å². The number of ether oxygens (including phenoxy) is 2. The highest BCUT2D eigenvalue weighted by molar-refractivity contribution is 5.79. The Kier molecular flexibility index (Phi) is 6.68. The van der Waals surface area contributed by atoms with Crippen LogP contribution in [0.3, 0.4) is 0 Å². The van der Waals surface area contributed by atoms with Crippen molar-refractivity contribution in [1.29, 1.82) is 0 Å². The lowest BCUT2D eigenvalue weighted by atomic mass is 9.96. The highest BCUT2D eigenvalue weighted by atomic mass is 16.5. The molecule has 1 saturated heterocycles. The Hall–Kier alpha value is -2.70. The first-order chi connectivity index (χ1) is 15.0. The molecule has 168 valence electrons. The summed E-state index contributed by atoms with van der Waals surface area (Å²) in [7, 11) is 1.69. The molecular weight excluding hydrogens is 392 g/mol. The second-order valence-electron chi connectivity index (χ2n) is 9.08. The van der Waals surface area contributed by atoms with Gasteiger partial charge in [0.05, 0.1) is 26.0 Å². The molecule has 2 heterocycles. The van der Waals surface area contributed by atoms with Crippen LogP contribution in [0.5, 0.6) is 11.5 Å². The Morgan fingerprint density at radius 3 is 2.74 bits per heavy atom. The van der Waals surface area contributed by atoms with Gasteiger partial charge in [0.15, 0.2) is 11.5 Å². The zero-order chi connectivity index (χ0) is 21.8. The fourth-order valence-corrected chi connectivity index (χ4v) is 4.43. The maximum Gasteiger partial charge on any atom is 0.228 e. The fourth-order valence-electron chi connectivity index (χ4n) is 4.43. The number of rotatable bonds is 8. The van der Waals surface area contributed by atoms with Crippen molar-refractivity contribution in [3.8, 4) is 11.5 Å². The minimum absolute atomic E-state index is 0.165. The quantitative estimate of drug-likeness (QED) is 0.698. The summed E-state index contributed by atoms with van der Waals surface area (Å²) in [5.74, 6) is 2.28. The van der Waals surface area contributed by atoms with E-state index in [1.807, 2.05) is 6.07 Å². The van der Waals surface area contributed by atoms with Gasteiger partial charge in [-0.05, 0) is 43.7 Å². The molecule has 1 aliphatic carbocycles. The lowest BCUT2D eigenvalue weighted by Gasteiger charge is -2.43. The Labute approximate surface area is 184 Å². The molecule has 7 heteroatoms. The second kappa shape index (κ2) is 9.62. The van der Waals surface area contributed by atoms with Crippen LogP contribution in [0.1, 0.15) is 45.2 Å². The third-order valence-corrected chi connectivity index (χ3v) is 6.30. The summed E-state index contributed by atoms with van der Waals surface area (Å²) in [4.78, 5) is 24.5. The van der Waals surface area contributed by atoms with E-state index in [0.29, 0.717) is 18.4 Å². The number of benzene rings is 1. The molecule has 1 aromatic carbocycles. The van der Waals surface area contributed by atoms with Crippen molar-refractivity contribution in [1.82, 2.24) is 14.9 Å². The number of hydrogen-bond donors (Lipinski definition) is 1. The number of nitrogens with zero attached hydrogens (tertiary/aromatic N) is 3. The molecule has 0 spiro atoms. The van der Waals surface area contributed by atoms with Crippen molar-refractivity contribution in [3.63, 3.8) is 0 Å². The maximum absolute atomic E-state index is 13.0. The van der Waals surface area contributed by atoms with Crippen molar-refractivity contribution in [2.75, 3.05) is 31.6 Å². The number of H-pyrrole nitrogens is 1. The first kappa shape index (κ1) is 21.5. The fraction of sp³-hybridized carbons (Fsp3) is 0.583. The number of carbonyl (C=O) groups is 1. The van der Waals surface area contributed by atoms with E-state index in [1.54, 1.807) is 19.6 Å². The van der Waals surface area contributed by atoms with E-state index in [2.05, 4.69) is 45.7 Å². The van der Waals surface area contributed by atoms with Crippen LogP contribution in [0.4, 0.5) is 5.69 Å². The SMILES string of the molecule is COc1ccc(N2CCN(C(=O)Cc3cnc[nH]3)C(CC(C)C)C2)cc1OC1CCC1. The van der Waals surface area contributed by atoms with E-state index in [1.165, 1.54) is 6.42 Å². The Morgan fingerprint density at radius 2 is 2.10 bits per heavy atom. The lowest BCUT2D eigenvalue weighted by molar-refractivity contribution is -0.133. The van der Waals surface area contributed by atoms with Crippen LogP contribution in [0.25, 0.3) is 0 Å². The zero-order valence-corrected chi connectivity index (χ0v) is 18.8. The van der Waals surface area contributed by atoms with Gasteiger partial charge in [-0.25, -0.2) is 4.98 Å². The van der Waals surface area contributed by atoms with Gasteiger partial charge in [0.25, 0.3) is 0 Å². The highest BCUT2D eigenvalue weighted by Gasteiger charge is 2.31. The summed E-state index contributed by atoms with van der Waals surface area (Å²) in [5, 5.41) is 0. The summed E-state index contributed by atoms with van der Waals surface area (Å²) in [6, 6.07) is 6.38. The Balaban J connectivity index is 1.48. The smallest absolute Gasteiger partial charge is 0.228 e. The third kappa shape index (κ3) is 5.14. The molecule has 1 aromatic heterocycles. The standard InChI is InChI=1S/C24H34N4O3/c1-17(2)11-20-15-27(9-10-28(20)24(29)12-18-14-25-16-26-18)19-7-8-22(30-3)23(13-19)31-21-5-4-6-21/h7-8,13-14,16-17,20-21H,4-6,9-12,15H2,1-3H3,(H,25,26). The molecule has 1 unspecified atom stereocenters. The van der Waals surface area contributed by atoms with Crippen LogP contribution in [-0.2, 0) is 11.2 Å². The van der Waals surface area contributed by atoms with Crippen LogP contribution >= 0.6 is 0 Å². The minimum atomic E-state index is 0.165. The molecule has 0 radical (unpaired) electrons. The average molecular weight is 427 g/mol. The number of imidazole rings is 1. The van der Waals surface area contributed by atoms with Gasteiger partial charge in [0.1, 0.15) is 0 Å².